The maximum absolute atomic E-state index is 13.2. The highest BCUT2D eigenvalue weighted by molar-refractivity contribution is 5.91. The smallest absolute Gasteiger partial charge is 0.328 e. The van der Waals surface area contributed by atoms with E-state index >= 15 is 0 Å². The summed E-state index contributed by atoms with van der Waals surface area (Å²) in [6, 6.07) is 26.6. The van der Waals surface area contributed by atoms with Gasteiger partial charge in [-0.05, 0) is 35.4 Å². The average Bonchev–Trinajstić information content (AvgIpc) is 2.95. The zero-order valence-corrected chi connectivity index (χ0v) is 22.3. The van der Waals surface area contributed by atoms with Crippen molar-refractivity contribution in [1.29, 1.82) is 0 Å². The van der Waals surface area contributed by atoms with Crippen LogP contribution in [0.3, 0.4) is 0 Å². The number of ether oxygens (including phenoxy) is 1. The Bertz CT molecular complexity index is 1170. The number of hydrogen-bond donors (Lipinski definition) is 3. The van der Waals surface area contributed by atoms with Crippen molar-refractivity contribution in [3.05, 3.63) is 108 Å². The van der Waals surface area contributed by atoms with Crippen LogP contribution in [0.1, 0.15) is 37.0 Å². The molecule has 0 bridgehead atoms. The summed E-state index contributed by atoms with van der Waals surface area (Å²) in [4.78, 5) is 44.5. The molecular formula is C31H36N2O6. The first-order valence-corrected chi connectivity index (χ1v) is 13.0. The zero-order chi connectivity index (χ0) is 28.0. The van der Waals surface area contributed by atoms with Crippen molar-refractivity contribution in [2.24, 2.45) is 11.8 Å². The molecule has 0 saturated heterocycles. The quantitative estimate of drug-likeness (QED) is 0.215. The standard InChI is InChI=1S/C31H36N2O6/c1-22(2)18-27(31(37)38-20-24-14-8-4-9-15-24)32-30(36)28(34)26(19-23-12-6-3-7-13-23)29(35)33-39-21-25-16-10-5-11-17-25/h3-17,22,26-28,34H,18-21H2,1-2H3,(H,32,36)(H,33,35)/t26-,27+,28+/m1/s1. The maximum atomic E-state index is 13.2. The van der Waals surface area contributed by atoms with Crippen LogP contribution in [0.25, 0.3) is 0 Å². The summed E-state index contributed by atoms with van der Waals surface area (Å²) in [6.07, 6.45) is -1.34. The number of carbonyl (C=O) groups excluding carboxylic acids is 3. The Labute approximate surface area is 229 Å². The molecule has 0 spiro atoms. The third-order valence-electron chi connectivity index (χ3n) is 6.07. The monoisotopic (exact) mass is 532 g/mol. The summed E-state index contributed by atoms with van der Waals surface area (Å²) >= 11 is 0. The first-order chi connectivity index (χ1) is 18.8. The number of esters is 1. The molecule has 0 heterocycles. The number of aliphatic hydroxyl groups excluding tert-OH is 1. The highest BCUT2D eigenvalue weighted by Crippen LogP contribution is 2.16. The SMILES string of the molecule is CC(C)C[C@H](NC(=O)[C@@H](O)[C@@H](Cc1ccccc1)C(=O)NOCc1ccccc1)C(=O)OCc1ccccc1. The number of amides is 2. The van der Waals surface area contributed by atoms with Crippen LogP contribution in [0.2, 0.25) is 0 Å². The lowest BCUT2D eigenvalue weighted by molar-refractivity contribution is -0.153. The third kappa shape index (κ3) is 10.00. The normalized spacial score (nSPS) is 13.2. The van der Waals surface area contributed by atoms with Gasteiger partial charge in [0.25, 0.3) is 0 Å². The highest BCUT2D eigenvalue weighted by Gasteiger charge is 2.35. The van der Waals surface area contributed by atoms with Crippen molar-refractivity contribution in [1.82, 2.24) is 10.8 Å². The minimum absolute atomic E-state index is 0.0600. The van der Waals surface area contributed by atoms with E-state index < -0.39 is 35.8 Å². The number of hydrogen-bond acceptors (Lipinski definition) is 6. The van der Waals surface area contributed by atoms with E-state index in [-0.39, 0.29) is 25.6 Å². The number of carbonyl (C=O) groups is 3. The number of rotatable bonds is 14. The average molecular weight is 533 g/mol. The van der Waals surface area contributed by atoms with E-state index in [4.69, 9.17) is 9.57 Å². The topological polar surface area (TPSA) is 114 Å². The molecule has 8 heteroatoms. The molecule has 0 unspecified atom stereocenters. The van der Waals surface area contributed by atoms with Gasteiger partial charge < -0.3 is 15.2 Å². The Hall–Kier alpha value is -4.01. The first kappa shape index (κ1) is 29.5. The molecule has 0 aromatic heterocycles. The zero-order valence-electron chi connectivity index (χ0n) is 22.3. The molecule has 0 aliphatic heterocycles. The van der Waals surface area contributed by atoms with E-state index in [1.54, 1.807) is 12.1 Å². The number of aliphatic hydroxyl groups is 1. The van der Waals surface area contributed by atoms with Gasteiger partial charge in [0.2, 0.25) is 11.8 Å². The van der Waals surface area contributed by atoms with Crippen LogP contribution < -0.4 is 10.8 Å². The predicted molar refractivity (Wildman–Crippen MR) is 147 cm³/mol. The second-order valence-electron chi connectivity index (χ2n) is 9.77. The molecule has 3 aromatic carbocycles. The fraction of sp³-hybridized carbons (Fsp3) is 0.323. The molecule has 39 heavy (non-hydrogen) atoms. The third-order valence-corrected chi connectivity index (χ3v) is 6.07. The second kappa shape index (κ2) is 15.4. The summed E-state index contributed by atoms with van der Waals surface area (Å²) in [5.74, 6) is -3.20. The van der Waals surface area contributed by atoms with Crippen molar-refractivity contribution in [3.63, 3.8) is 0 Å². The molecular weight excluding hydrogens is 496 g/mol. The fourth-order valence-electron chi connectivity index (χ4n) is 4.01. The Balaban J connectivity index is 1.67. The van der Waals surface area contributed by atoms with Gasteiger partial charge in [-0.25, -0.2) is 10.3 Å². The van der Waals surface area contributed by atoms with Gasteiger partial charge in [-0.2, -0.15) is 0 Å². The van der Waals surface area contributed by atoms with Gasteiger partial charge in [0.05, 0.1) is 12.5 Å². The lowest BCUT2D eigenvalue weighted by atomic mass is 9.92. The van der Waals surface area contributed by atoms with E-state index in [9.17, 15) is 19.5 Å². The Morgan fingerprint density at radius 2 is 1.26 bits per heavy atom. The summed E-state index contributed by atoms with van der Waals surface area (Å²) < 4.78 is 5.44. The number of nitrogens with one attached hydrogen (secondary N) is 2. The Morgan fingerprint density at radius 1 is 0.744 bits per heavy atom. The van der Waals surface area contributed by atoms with Crippen LogP contribution in [-0.2, 0) is 43.6 Å². The minimum Gasteiger partial charge on any atom is -0.459 e. The lowest BCUT2D eigenvalue weighted by Gasteiger charge is -2.25. The van der Waals surface area contributed by atoms with Crippen LogP contribution in [0, 0.1) is 11.8 Å². The molecule has 0 fully saturated rings. The Kier molecular flexibility index (Phi) is 11.7. The molecule has 206 valence electrons. The molecule has 2 amide bonds. The summed E-state index contributed by atoms with van der Waals surface area (Å²) in [5, 5.41) is 13.6. The van der Waals surface area contributed by atoms with Gasteiger partial charge in [-0.3, -0.25) is 14.4 Å². The van der Waals surface area contributed by atoms with Crippen molar-refractivity contribution in [2.75, 3.05) is 0 Å². The van der Waals surface area contributed by atoms with E-state index in [1.807, 2.05) is 92.7 Å². The van der Waals surface area contributed by atoms with Gasteiger partial charge in [0.1, 0.15) is 18.8 Å². The van der Waals surface area contributed by atoms with Gasteiger partial charge in [0.15, 0.2) is 0 Å². The number of benzene rings is 3. The van der Waals surface area contributed by atoms with E-state index in [1.165, 1.54) is 0 Å². The van der Waals surface area contributed by atoms with Crippen LogP contribution in [0.15, 0.2) is 91.0 Å². The van der Waals surface area contributed by atoms with Gasteiger partial charge in [-0.1, -0.05) is 105 Å². The minimum atomic E-state index is -1.73. The van der Waals surface area contributed by atoms with E-state index in [2.05, 4.69) is 10.8 Å². The van der Waals surface area contributed by atoms with Gasteiger partial charge >= 0.3 is 5.97 Å². The fourth-order valence-corrected chi connectivity index (χ4v) is 4.01. The lowest BCUT2D eigenvalue weighted by Crippen LogP contribution is -2.51. The maximum Gasteiger partial charge on any atom is 0.328 e. The number of hydroxylamine groups is 1. The largest absolute Gasteiger partial charge is 0.459 e. The molecule has 3 atom stereocenters. The van der Waals surface area contributed by atoms with Gasteiger partial charge in [0, 0.05) is 0 Å². The molecule has 3 aromatic rings. The van der Waals surface area contributed by atoms with Crippen molar-refractivity contribution in [3.8, 4) is 0 Å². The first-order valence-electron chi connectivity index (χ1n) is 13.0. The van der Waals surface area contributed by atoms with E-state index in [0.717, 1.165) is 16.7 Å². The highest BCUT2D eigenvalue weighted by atomic mass is 16.6. The second-order valence-corrected chi connectivity index (χ2v) is 9.77. The van der Waals surface area contributed by atoms with Crippen LogP contribution in [-0.4, -0.2) is 35.0 Å². The molecule has 0 saturated carbocycles. The van der Waals surface area contributed by atoms with Crippen LogP contribution in [0.5, 0.6) is 0 Å². The molecule has 0 aliphatic rings. The van der Waals surface area contributed by atoms with Crippen LogP contribution in [0.4, 0.5) is 0 Å². The molecule has 8 nitrogen and oxygen atoms in total. The molecule has 3 rings (SSSR count). The molecule has 3 N–H and O–H groups in total. The summed E-state index contributed by atoms with van der Waals surface area (Å²) in [5.41, 5.74) is 4.79. The summed E-state index contributed by atoms with van der Waals surface area (Å²) in [6.45, 7) is 4.01. The van der Waals surface area contributed by atoms with E-state index in [0.29, 0.717) is 6.42 Å². The van der Waals surface area contributed by atoms with Crippen molar-refractivity contribution < 1.29 is 29.1 Å². The Morgan fingerprint density at radius 3 is 1.79 bits per heavy atom. The van der Waals surface area contributed by atoms with Crippen molar-refractivity contribution in [2.45, 2.75) is 52.0 Å². The molecule has 0 aliphatic carbocycles. The molecule has 0 radical (unpaired) electrons. The summed E-state index contributed by atoms with van der Waals surface area (Å²) in [7, 11) is 0. The van der Waals surface area contributed by atoms with Crippen molar-refractivity contribution >= 4 is 17.8 Å². The predicted octanol–water partition coefficient (Wildman–Crippen LogP) is 3.73. The van der Waals surface area contributed by atoms with Crippen LogP contribution >= 0.6 is 0 Å². The van der Waals surface area contributed by atoms with Gasteiger partial charge in [-0.15, -0.1) is 0 Å².